The van der Waals surface area contributed by atoms with Crippen LogP contribution >= 0.6 is 11.8 Å². The number of hydrogen-bond donors (Lipinski definition) is 1. The van der Waals surface area contributed by atoms with E-state index in [9.17, 15) is 18.0 Å². The van der Waals surface area contributed by atoms with E-state index < -0.39 is 12.0 Å². The fraction of sp³-hybridized carbons (Fsp3) is 0.250. The molecule has 0 unspecified atom stereocenters. The van der Waals surface area contributed by atoms with E-state index in [0.717, 1.165) is 17.3 Å². The van der Waals surface area contributed by atoms with Crippen molar-refractivity contribution in [2.75, 3.05) is 11.1 Å². The lowest BCUT2D eigenvalue weighted by atomic mass is 10.0. The highest BCUT2D eigenvalue weighted by molar-refractivity contribution is 8.00. The van der Waals surface area contributed by atoms with Gasteiger partial charge >= 0.3 is 6.18 Å². The summed E-state index contributed by atoms with van der Waals surface area (Å²) in [6.45, 7) is 4.04. The number of aromatic nitrogens is 2. The smallest absolute Gasteiger partial charge is 0.325 e. The molecule has 0 saturated heterocycles. The molecular formula is C20H18F3N3OS. The normalized spacial score (nSPS) is 11.8. The first-order chi connectivity index (χ1) is 13.3. The van der Waals surface area contributed by atoms with Gasteiger partial charge in [0.2, 0.25) is 11.7 Å². The summed E-state index contributed by atoms with van der Waals surface area (Å²) in [7, 11) is 0. The lowest BCUT2D eigenvalue weighted by molar-refractivity contribution is -0.145. The van der Waals surface area contributed by atoms with E-state index >= 15 is 0 Å². The number of halogens is 3. The minimum atomic E-state index is -4.65. The number of amides is 1. The number of thioether (sulfide) groups is 1. The van der Waals surface area contributed by atoms with Crippen LogP contribution in [0.5, 0.6) is 0 Å². The van der Waals surface area contributed by atoms with Gasteiger partial charge in [-0.15, -0.1) is 0 Å². The van der Waals surface area contributed by atoms with Gasteiger partial charge in [-0.2, -0.15) is 13.2 Å². The van der Waals surface area contributed by atoms with Crippen molar-refractivity contribution in [2.24, 2.45) is 0 Å². The summed E-state index contributed by atoms with van der Waals surface area (Å²) in [5.74, 6) is -1.36. The number of carbonyl (C=O) groups excluding carboxylic acids is 1. The molecule has 0 bridgehead atoms. The Morgan fingerprint density at radius 3 is 2.46 bits per heavy atom. The van der Waals surface area contributed by atoms with Crippen molar-refractivity contribution < 1.29 is 18.0 Å². The second-order valence-electron chi connectivity index (χ2n) is 6.45. The molecule has 0 spiro atoms. The number of nitrogens with zero attached hydrogens (tertiary/aromatic N) is 2. The van der Waals surface area contributed by atoms with Crippen LogP contribution in [0.15, 0.2) is 53.6 Å². The molecular weight excluding hydrogens is 387 g/mol. The van der Waals surface area contributed by atoms with Crippen LogP contribution in [0.4, 0.5) is 18.9 Å². The van der Waals surface area contributed by atoms with Crippen molar-refractivity contribution in [3.05, 3.63) is 59.9 Å². The molecule has 1 amide bonds. The fourth-order valence-corrected chi connectivity index (χ4v) is 3.54. The van der Waals surface area contributed by atoms with Crippen molar-refractivity contribution in [1.82, 2.24) is 9.97 Å². The Balaban J connectivity index is 1.81. The predicted molar refractivity (Wildman–Crippen MR) is 104 cm³/mol. The Labute approximate surface area is 164 Å². The molecule has 8 heteroatoms. The van der Waals surface area contributed by atoms with Crippen LogP contribution in [0.1, 0.15) is 31.2 Å². The number of carbonyl (C=O) groups is 1. The van der Waals surface area contributed by atoms with Crippen LogP contribution in [0.25, 0.3) is 10.9 Å². The third-order valence-corrected chi connectivity index (χ3v) is 5.01. The van der Waals surface area contributed by atoms with E-state index in [1.165, 1.54) is 6.07 Å². The van der Waals surface area contributed by atoms with Gasteiger partial charge in [0.15, 0.2) is 0 Å². The standard InChI is InChI=1S/C20H18F3N3OS/c1-12(2)13-7-3-5-9-15(13)24-17(27)11-28-18-14-8-4-6-10-16(14)25-19(26-18)20(21,22)23/h3-10,12H,11H2,1-2H3,(H,24,27). The highest BCUT2D eigenvalue weighted by atomic mass is 32.2. The molecule has 0 aliphatic heterocycles. The zero-order valence-corrected chi connectivity index (χ0v) is 16.1. The van der Waals surface area contributed by atoms with Crippen LogP contribution in [-0.2, 0) is 11.0 Å². The number of rotatable bonds is 5. The molecule has 0 aliphatic rings. The summed E-state index contributed by atoms with van der Waals surface area (Å²) >= 11 is 0.959. The van der Waals surface area contributed by atoms with Crippen molar-refractivity contribution in [3.8, 4) is 0 Å². The monoisotopic (exact) mass is 405 g/mol. The average molecular weight is 405 g/mol. The third kappa shape index (κ3) is 4.62. The van der Waals surface area contributed by atoms with Crippen LogP contribution in [0.3, 0.4) is 0 Å². The number of hydrogen-bond acceptors (Lipinski definition) is 4. The maximum Gasteiger partial charge on any atom is 0.451 e. The first-order valence-corrected chi connectivity index (χ1v) is 9.60. The van der Waals surface area contributed by atoms with Crippen LogP contribution in [0, 0.1) is 0 Å². The van der Waals surface area contributed by atoms with E-state index in [-0.39, 0.29) is 28.1 Å². The van der Waals surface area contributed by atoms with Crippen molar-refractivity contribution >= 4 is 34.3 Å². The van der Waals surface area contributed by atoms with Crippen molar-refractivity contribution in [2.45, 2.75) is 31.0 Å². The minimum absolute atomic E-state index is 0.0647. The number of alkyl halides is 3. The molecule has 0 radical (unpaired) electrons. The summed E-state index contributed by atoms with van der Waals surface area (Å²) in [5.41, 5.74) is 1.89. The Morgan fingerprint density at radius 2 is 1.75 bits per heavy atom. The Kier molecular flexibility index (Phi) is 5.88. The van der Waals surface area contributed by atoms with Gasteiger partial charge in [-0.3, -0.25) is 4.79 Å². The molecule has 1 aromatic heterocycles. The summed E-state index contributed by atoms with van der Waals surface area (Å²) in [6, 6.07) is 13.9. The summed E-state index contributed by atoms with van der Waals surface area (Å²) in [4.78, 5) is 19.6. The van der Waals surface area contributed by atoms with E-state index in [1.807, 2.05) is 32.0 Å². The van der Waals surface area contributed by atoms with Gasteiger partial charge in [-0.25, -0.2) is 9.97 Å². The molecule has 1 heterocycles. The Morgan fingerprint density at radius 1 is 1.07 bits per heavy atom. The van der Waals surface area contributed by atoms with Gasteiger partial charge in [-0.1, -0.05) is 62.0 Å². The molecule has 0 atom stereocenters. The van der Waals surface area contributed by atoms with E-state index in [1.54, 1.807) is 24.3 Å². The van der Waals surface area contributed by atoms with Gasteiger partial charge in [0.05, 0.1) is 11.3 Å². The molecule has 0 saturated carbocycles. The van der Waals surface area contributed by atoms with Crippen LogP contribution in [0.2, 0.25) is 0 Å². The quantitative estimate of drug-likeness (QED) is 0.450. The first-order valence-electron chi connectivity index (χ1n) is 8.61. The molecule has 146 valence electrons. The minimum Gasteiger partial charge on any atom is -0.325 e. The summed E-state index contributed by atoms with van der Waals surface area (Å²) in [6.07, 6.45) is -4.65. The van der Waals surface area contributed by atoms with E-state index in [2.05, 4.69) is 15.3 Å². The highest BCUT2D eigenvalue weighted by Crippen LogP contribution is 2.32. The Bertz CT molecular complexity index is 1010. The lowest BCUT2D eigenvalue weighted by Crippen LogP contribution is -2.16. The molecule has 2 aromatic carbocycles. The van der Waals surface area contributed by atoms with Gasteiger partial charge in [0.1, 0.15) is 5.03 Å². The zero-order valence-electron chi connectivity index (χ0n) is 15.2. The van der Waals surface area contributed by atoms with E-state index in [0.29, 0.717) is 11.1 Å². The molecule has 0 aliphatic carbocycles. The lowest BCUT2D eigenvalue weighted by Gasteiger charge is -2.14. The SMILES string of the molecule is CC(C)c1ccccc1NC(=O)CSc1nc(C(F)(F)F)nc2ccccc12. The number of anilines is 1. The second kappa shape index (κ2) is 8.18. The number of nitrogens with one attached hydrogen (secondary N) is 1. The van der Waals surface area contributed by atoms with Crippen molar-refractivity contribution in [1.29, 1.82) is 0 Å². The topological polar surface area (TPSA) is 54.9 Å². The summed E-state index contributed by atoms with van der Waals surface area (Å²) in [5, 5.41) is 3.44. The number of fused-ring (bicyclic) bond motifs is 1. The number of benzene rings is 2. The fourth-order valence-electron chi connectivity index (χ4n) is 2.72. The second-order valence-corrected chi connectivity index (χ2v) is 7.41. The first kappa shape index (κ1) is 20.1. The molecule has 3 rings (SSSR count). The van der Waals surface area contributed by atoms with Crippen LogP contribution in [-0.4, -0.2) is 21.6 Å². The number of para-hydroxylation sites is 2. The highest BCUT2D eigenvalue weighted by Gasteiger charge is 2.35. The average Bonchev–Trinajstić information content (AvgIpc) is 2.65. The predicted octanol–water partition coefficient (Wildman–Crippen LogP) is 5.50. The van der Waals surface area contributed by atoms with Gasteiger partial charge in [0.25, 0.3) is 0 Å². The maximum absolute atomic E-state index is 13.1. The molecule has 0 fully saturated rings. The third-order valence-electron chi connectivity index (χ3n) is 4.02. The van der Waals surface area contributed by atoms with E-state index in [4.69, 9.17) is 0 Å². The zero-order chi connectivity index (χ0) is 20.3. The largest absolute Gasteiger partial charge is 0.451 e. The van der Waals surface area contributed by atoms with Gasteiger partial charge in [0, 0.05) is 11.1 Å². The van der Waals surface area contributed by atoms with Gasteiger partial charge < -0.3 is 5.32 Å². The summed E-state index contributed by atoms with van der Waals surface area (Å²) < 4.78 is 39.3. The molecule has 3 aromatic rings. The van der Waals surface area contributed by atoms with Crippen LogP contribution < -0.4 is 5.32 Å². The maximum atomic E-state index is 13.1. The molecule has 4 nitrogen and oxygen atoms in total. The van der Waals surface area contributed by atoms with Crippen molar-refractivity contribution in [3.63, 3.8) is 0 Å². The Hall–Kier alpha value is -2.61. The van der Waals surface area contributed by atoms with Gasteiger partial charge in [-0.05, 0) is 23.6 Å². The molecule has 28 heavy (non-hydrogen) atoms. The molecule has 1 N–H and O–H groups in total.